The van der Waals surface area contributed by atoms with Crippen LogP contribution in [0.15, 0.2) is 89.3 Å². The van der Waals surface area contributed by atoms with Crippen molar-refractivity contribution in [2.45, 2.75) is 0 Å². The summed E-state index contributed by atoms with van der Waals surface area (Å²) < 4.78 is 8.63. The van der Waals surface area contributed by atoms with Crippen LogP contribution in [0, 0.1) is 0 Å². The molecule has 0 saturated heterocycles. The molecule has 54 heavy (non-hydrogen) atoms. The molecule has 3 heterocycles. The number of hydrogen-bond acceptors (Lipinski definition) is 4. The molecular weight excluding hydrogens is 649 g/mol. The first kappa shape index (κ1) is 34.4. The fraction of sp³-hybridized carbons (Fsp3) is 0. The van der Waals surface area contributed by atoms with Gasteiger partial charge in [-0.3, -0.25) is 4.57 Å². The molecular formula is C39H34B10N4O. The highest BCUT2D eigenvalue weighted by Gasteiger charge is 2.22. The molecule has 0 aliphatic heterocycles. The van der Waals surface area contributed by atoms with Gasteiger partial charge < -0.3 is 4.42 Å². The molecule has 0 fully saturated rings. The van der Waals surface area contributed by atoms with Gasteiger partial charge in [0.2, 0.25) is 5.95 Å². The molecule has 0 amide bonds. The van der Waals surface area contributed by atoms with Crippen molar-refractivity contribution in [3.05, 3.63) is 84.9 Å². The van der Waals surface area contributed by atoms with Crippen LogP contribution in [0.1, 0.15) is 0 Å². The third-order valence-corrected chi connectivity index (χ3v) is 12.6. The fourth-order valence-corrected chi connectivity index (χ4v) is 8.68. The maximum absolute atomic E-state index is 6.45. The monoisotopic (exact) mass is 684 g/mol. The zero-order valence-electron chi connectivity index (χ0n) is 32.8. The van der Waals surface area contributed by atoms with Crippen LogP contribution >= 0.6 is 0 Å². The van der Waals surface area contributed by atoms with Crippen molar-refractivity contribution in [3.8, 4) is 39.9 Å². The minimum absolute atomic E-state index is 0.595. The number of hydrogen-bond donors (Lipinski definition) is 0. The molecule has 0 saturated carbocycles. The van der Waals surface area contributed by atoms with Crippen molar-refractivity contribution in [2.75, 3.05) is 0 Å². The molecule has 0 aliphatic carbocycles. The van der Waals surface area contributed by atoms with E-state index in [-0.39, 0.29) is 0 Å². The summed E-state index contributed by atoms with van der Waals surface area (Å²) in [6.07, 6.45) is 0. The summed E-state index contributed by atoms with van der Waals surface area (Å²) in [6.45, 7) is 0. The van der Waals surface area contributed by atoms with E-state index in [2.05, 4.69) is 168 Å². The minimum Gasteiger partial charge on any atom is -0.456 e. The molecule has 3 aromatic heterocycles. The van der Waals surface area contributed by atoms with E-state index in [9.17, 15) is 0 Å². The Hall–Kier alpha value is -5.42. The number of furan rings is 1. The molecule has 0 N–H and O–H groups in total. The Bertz CT molecular complexity index is 2970. The third-order valence-electron chi connectivity index (χ3n) is 12.6. The summed E-state index contributed by atoms with van der Waals surface area (Å²) in [7, 11) is 22.2. The number of rotatable bonds is 4. The molecule has 9 rings (SSSR count). The maximum atomic E-state index is 6.45. The SMILES string of the molecule is Bc1c(B)c(B)c(-c2ccc3oc4ccc(-c5nc(-c6c(B)c(B)c(B)c(B)c6B)nc(-n6c7ccccc7c7ccccc76)n5)cc4c3c2)c(B)c1B. The molecule has 0 unspecified atom stereocenters. The van der Waals surface area contributed by atoms with Gasteiger partial charge in [-0.15, -0.1) is 32.8 Å². The van der Waals surface area contributed by atoms with E-state index in [4.69, 9.17) is 19.4 Å². The second kappa shape index (κ2) is 12.6. The van der Waals surface area contributed by atoms with Crippen LogP contribution in [0.2, 0.25) is 0 Å². The molecule has 6 aromatic carbocycles. The Morgan fingerprint density at radius 1 is 0.389 bits per heavy atom. The third kappa shape index (κ3) is 5.04. The number of nitrogens with zero attached hydrogens (tertiary/aromatic N) is 4. The summed E-state index contributed by atoms with van der Waals surface area (Å²) in [5.41, 5.74) is 21.2. The fourth-order valence-electron chi connectivity index (χ4n) is 8.68. The lowest BCUT2D eigenvalue weighted by Crippen LogP contribution is -2.55. The predicted octanol–water partition coefficient (Wildman–Crippen LogP) is -7.55. The molecule has 0 spiro atoms. The summed E-state index contributed by atoms with van der Waals surface area (Å²) >= 11 is 0. The van der Waals surface area contributed by atoms with Crippen molar-refractivity contribution in [1.82, 2.24) is 19.5 Å². The molecule has 5 nitrogen and oxygen atoms in total. The number of fused-ring (bicyclic) bond motifs is 6. The largest absolute Gasteiger partial charge is 0.456 e. The first-order chi connectivity index (χ1) is 25.9. The van der Waals surface area contributed by atoms with Crippen LogP contribution in [0.3, 0.4) is 0 Å². The Morgan fingerprint density at radius 2 is 0.815 bits per heavy atom. The average Bonchev–Trinajstić information content (AvgIpc) is 3.73. The standard InChI is InChI=1S/C39H34B10N4O/c40-27-25(28(41)32(45)35(48)31(27)44)15-9-11-23-19(13-15)20-14-16(10-12-24(20)54-23)37-50-38(26-29(42)33(46)36(49)34(47)30(26)43)52-39(51-37)53-21-7-3-1-5-17(21)18-6-2-4-8-22(18)53/h1-14H,40-49H2. The highest BCUT2D eigenvalue weighted by Crippen LogP contribution is 2.35. The topological polar surface area (TPSA) is 56.7 Å². The summed E-state index contributed by atoms with van der Waals surface area (Å²) in [5, 5.41) is 4.44. The molecule has 246 valence electrons. The van der Waals surface area contributed by atoms with Crippen molar-refractivity contribution in [3.63, 3.8) is 0 Å². The molecule has 0 atom stereocenters. The van der Waals surface area contributed by atoms with Gasteiger partial charge in [-0.2, -0.15) is 9.97 Å². The Kier molecular flexibility index (Phi) is 8.00. The maximum Gasteiger partial charge on any atom is 0.238 e. The normalized spacial score (nSPS) is 11.7. The van der Waals surface area contributed by atoms with Gasteiger partial charge in [0.05, 0.1) is 11.0 Å². The van der Waals surface area contributed by atoms with E-state index < -0.39 is 0 Å². The van der Waals surface area contributed by atoms with E-state index in [1.165, 1.54) is 65.8 Å². The average molecular weight is 683 g/mol. The smallest absolute Gasteiger partial charge is 0.238 e. The molecule has 0 bridgehead atoms. The van der Waals surface area contributed by atoms with Gasteiger partial charge in [-0.25, -0.2) is 4.98 Å². The van der Waals surface area contributed by atoms with Gasteiger partial charge in [0.15, 0.2) is 11.6 Å². The van der Waals surface area contributed by atoms with Gasteiger partial charge in [0, 0.05) is 32.7 Å². The van der Waals surface area contributed by atoms with Gasteiger partial charge in [0.1, 0.15) is 89.6 Å². The minimum atomic E-state index is 0.595. The lowest BCUT2D eigenvalue weighted by Gasteiger charge is -2.20. The molecule has 0 aliphatic rings. The lowest BCUT2D eigenvalue weighted by atomic mass is 9.59. The van der Waals surface area contributed by atoms with Crippen molar-refractivity contribution in [1.29, 1.82) is 0 Å². The first-order valence-corrected chi connectivity index (χ1v) is 18.8. The van der Waals surface area contributed by atoms with E-state index in [0.717, 1.165) is 54.9 Å². The number of para-hydroxylation sites is 2. The molecule has 15 heteroatoms. The van der Waals surface area contributed by atoms with Gasteiger partial charge >= 0.3 is 0 Å². The first-order valence-electron chi connectivity index (χ1n) is 18.8. The predicted molar refractivity (Wildman–Crippen MR) is 260 cm³/mol. The van der Waals surface area contributed by atoms with Crippen LogP contribution in [0.5, 0.6) is 0 Å². The van der Waals surface area contributed by atoms with Crippen LogP contribution in [0.25, 0.3) is 83.6 Å². The van der Waals surface area contributed by atoms with Gasteiger partial charge in [-0.1, -0.05) is 64.3 Å². The number of aromatic nitrogens is 4. The zero-order valence-corrected chi connectivity index (χ0v) is 32.8. The van der Waals surface area contributed by atoms with E-state index in [0.29, 0.717) is 17.6 Å². The van der Waals surface area contributed by atoms with E-state index in [1.54, 1.807) is 0 Å². The van der Waals surface area contributed by atoms with Crippen molar-refractivity contribution < 1.29 is 4.42 Å². The Balaban J connectivity index is 1.31. The Morgan fingerprint density at radius 3 is 1.35 bits per heavy atom. The quantitative estimate of drug-likeness (QED) is 0.173. The molecule has 9 aromatic rings. The highest BCUT2D eigenvalue weighted by molar-refractivity contribution is 6.69. The lowest BCUT2D eigenvalue weighted by molar-refractivity contribution is 0.669. The van der Waals surface area contributed by atoms with Gasteiger partial charge in [-0.05, 0) is 53.6 Å². The van der Waals surface area contributed by atoms with Crippen LogP contribution in [-0.2, 0) is 0 Å². The summed E-state index contributed by atoms with van der Waals surface area (Å²) in [4.78, 5) is 15.9. The second-order valence-corrected chi connectivity index (χ2v) is 15.2. The van der Waals surface area contributed by atoms with Gasteiger partial charge in [0.25, 0.3) is 0 Å². The van der Waals surface area contributed by atoms with Crippen LogP contribution in [-0.4, -0.2) is 98.0 Å². The Labute approximate surface area is 324 Å². The van der Waals surface area contributed by atoms with Crippen LogP contribution in [0.4, 0.5) is 0 Å². The highest BCUT2D eigenvalue weighted by atomic mass is 16.3. The van der Waals surface area contributed by atoms with Crippen molar-refractivity contribution in [2.24, 2.45) is 0 Å². The summed E-state index contributed by atoms with van der Waals surface area (Å²) in [6, 6.07) is 29.9. The van der Waals surface area contributed by atoms with E-state index >= 15 is 0 Å². The van der Waals surface area contributed by atoms with Crippen LogP contribution < -0.4 is 54.6 Å². The second-order valence-electron chi connectivity index (χ2n) is 15.2. The zero-order chi connectivity index (χ0) is 37.7. The summed E-state index contributed by atoms with van der Waals surface area (Å²) in [5.74, 6) is 1.89. The number of benzene rings is 6. The van der Waals surface area contributed by atoms with E-state index in [1.807, 2.05) is 0 Å². The molecule has 0 radical (unpaired) electrons. The van der Waals surface area contributed by atoms with Crippen molar-refractivity contribution >= 4 is 177 Å².